The summed E-state index contributed by atoms with van der Waals surface area (Å²) in [5.41, 5.74) is 3.27. The van der Waals surface area contributed by atoms with Crippen LogP contribution in [0.1, 0.15) is 42.5 Å². The molecule has 0 aliphatic rings. The number of nitrogens with one attached hydrogen (secondary N) is 1. The number of pyridine rings is 1. The normalized spacial score (nSPS) is 12.1. The van der Waals surface area contributed by atoms with Crippen LogP contribution in [0, 0.1) is 6.92 Å². The summed E-state index contributed by atoms with van der Waals surface area (Å²) < 4.78 is 0. The van der Waals surface area contributed by atoms with E-state index in [9.17, 15) is 9.90 Å². The first kappa shape index (κ1) is 17.0. The Morgan fingerprint density at radius 3 is 2.64 bits per heavy atom. The van der Waals surface area contributed by atoms with Gasteiger partial charge in [-0.2, -0.15) is 0 Å². The zero-order valence-corrected chi connectivity index (χ0v) is 14.5. The van der Waals surface area contributed by atoms with Crippen LogP contribution in [-0.2, 0) is 4.79 Å². The van der Waals surface area contributed by atoms with Crippen molar-refractivity contribution in [2.24, 2.45) is 0 Å². The maximum absolute atomic E-state index is 12.2. The number of aromatic nitrogens is 1. The largest absolute Gasteiger partial charge is 0.505 e. The van der Waals surface area contributed by atoms with Crippen molar-refractivity contribution in [3.8, 4) is 5.75 Å². The second-order valence-corrected chi connectivity index (χ2v) is 6.24. The van der Waals surface area contributed by atoms with Crippen molar-refractivity contribution in [2.45, 2.75) is 32.7 Å². The molecule has 4 heteroatoms. The molecule has 1 atom stereocenters. The van der Waals surface area contributed by atoms with Crippen LogP contribution in [0.3, 0.4) is 0 Å². The number of carbonyl (C=O) groups excluding carboxylic acids is 1. The van der Waals surface area contributed by atoms with Crippen molar-refractivity contribution in [2.75, 3.05) is 0 Å². The molecule has 0 aliphatic heterocycles. The molecule has 0 unspecified atom stereocenters. The maximum Gasteiger partial charge on any atom is 0.220 e. The lowest BCUT2D eigenvalue weighted by atomic mass is 9.95. The number of hydrogen-bond acceptors (Lipinski definition) is 3. The first-order chi connectivity index (χ1) is 12.1. The summed E-state index contributed by atoms with van der Waals surface area (Å²) >= 11 is 0. The summed E-state index contributed by atoms with van der Waals surface area (Å²) in [5, 5.41) is 14.7. The van der Waals surface area contributed by atoms with Crippen LogP contribution in [-0.4, -0.2) is 16.0 Å². The molecule has 1 heterocycles. The highest BCUT2D eigenvalue weighted by molar-refractivity contribution is 5.86. The van der Waals surface area contributed by atoms with Crippen LogP contribution < -0.4 is 5.32 Å². The average Bonchev–Trinajstić information content (AvgIpc) is 2.62. The minimum absolute atomic E-state index is 0.0337. The Balaban J connectivity index is 2.08. The van der Waals surface area contributed by atoms with Crippen LogP contribution in [0.2, 0.25) is 0 Å². The van der Waals surface area contributed by atoms with Crippen LogP contribution >= 0.6 is 0 Å². The highest BCUT2D eigenvalue weighted by Crippen LogP contribution is 2.34. The van der Waals surface area contributed by atoms with Gasteiger partial charge in [-0.25, -0.2) is 0 Å². The lowest BCUT2D eigenvalue weighted by Gasteiger charge is -2.21. The predicted molar refractivity (Wildman–Crippen MR) is 99.5 cm³/mol. The van der Waals surface area contributed by atoms with Gasteiger partial charge in [0.2, 0.25) is 5.91 Å². The molecule has 3 aromatic rings. The van der Waals surface area contributed by atoms with E-state index in [2.05, 4.69) is 10.3 Å². The molecule has 0 saturated heterocycles. The molecular weight excluding hydrogens is 312 g/mol. The van der Waals surface area contributed by atoms with Crippen LogP contribution in [0.4, 0.5) is 0 Å². The van der Waals surface area contributed by atoms with E-state index in [0.29, 0.717) is 17.5 Å². The number of hydrogen-bond donors (Lipinski definition) is 2. The Kier molecular flexibility index (Phi) is 4.98. The van der Waals surface area contributed by atoms with Crippen LogP contribution in [0.15, 0.2) is 54.7 Å². The van der Waals surface area contributed by atoms with Crippen molar-refractivity contribution in [1.82, 2.24) is 10.3 Å². The zero-order chi connectivity index (χ0) is 17.8. The van der Waals surface area contributed by atoms with Gasteiger partial charge in [0.05, 0.1) is 6.04 Å². The van der Waals surface area contributed by atoms with E-state index < -0.39 is 6.04 Å². The minimum Gasteiger partial charge on any atom is -0.505 e. The maximum atomic E-state index is 12.2. The molecule has 0 bridgehead atoms. The molecular formula is C21H22N2O2. The Hall–Kier alpha value is -2.88. The van der Waals surface area contributed by atoms with Gasteiger partial charge < -0.3 is 10.4 Å². The van der Waals surface area contributed by atoms with Gasteiger partial charge in [0.25, 0.3) is 0 Å². The summed E-state index contributed by atoms with van der Waals surface area (Å²) in [4.78, 5) is 16.5. The standard InChI is InChI=1S/C21H22N2O2/c1-3-5-18(24)23-19(16-9-7-14(2)8-10-16)17-12-11-15-6-4-13-22-20(15)21(17)25/h4,6-13,19,25H,3,5H2,1-2H3,(H,23,24)/t19-/m0/s1. The summed E-state index contributed by atoms with van der Waals surface area (Å²) in [6, 6.07) is 15.1. The molecule has 0 aliphatic carbocycles. The number of amides is 1. The molecule has 1 amide bonds. The number of benzene rings is 2. The van der Waals surface area contributed by atoms with Gasteiger partial charge in [0.1, 0.15) is 11.3 Å². The second-order valence-electron chi connectivity index (χ2n) is 6.24. The third-order valence-corrected chi connectivity index (χ3v) is 4.28. The van der Waals surface area contributed by atoms with Gasteiger partial charge in [-0.3, -0.25) is 9.78 Å². The third kappa shape index (κ3) is 3.63. The number of rotatable bonds is 5. The second kappa shape index (κ2) is 7.34. The van der Waals surface area contributed by atoms with Crippen molar-refractivity contribution in [3.05, 3.63) is 71.4 Å². The molecule has 0 fully saturated rings. The van der Waals surface area contributed by atoms with Gasteiger partial charge in [0.15, 0.2) is 0 Å². The lowest BCUT2D eigenvalue weighted by molar-refractivity contribution is -0.121. The fraction of sp³-hybridized carbons (Fsp3) is 0.238. The Labute approximate surface area is 147 Å². The van der Waals surface area contributed by atoms with Crippen LogP contribution in [0.25, 0.3) is 10.9 Å². The fourth-order valence-electron chi connectivity index (χ4n) is 2.94. The quantitative estimate of drug-likeness (QED) is 0.733. The van der Waals surface area contributed by atoms with Crippen LogP contribution in [0.5, 0.6) is 5.75 Å². The highest BCUT2D eigenvalue weighted by Gasteiger charge is 2.21. The molecule has 1 aromatic heterocycles. The Morgan fingerprint density at radius 2 is 1.92 bits per heavy atom. The van der Waals surface area contributed by atoms with E-state index in [-0.39, 0.29) is 11.7 Å². The van der Waals surface area contributed by atoms with E-state index in [1.165, 1.54) is 0 Å². The molecule has 0 saturated carbocycles. The summed E-state index contributed by atoms with van der Waals surface area (Å²) in [6.45, 7) is 3.99. The molecule has 2 aromatic carbocycles. The molecule has 4 nitrogen and oxygen atoms in total. The van der Waals surface area contributed by atoms with E-state index in [1.807, 2.05) is 62.4 Å². The van der Waals surface area contributed by atoms with Gasteiger partial charge in [0, 0.05) is 23.6 Å². The van der Waals surface area contributed by atoms with E-state index in [0.717, 1.165) is 22.9 Å². The number of nitrogens with zero attached hydrogens (tertiary/aromatic N) is 1. The molecule has 3 rings (SSSR count). The topological polar surface area (TPSA) is 62.2 Å². The summed E-state index contributed by atoms with van der Waals surface area (Å²) in [7, 11) is 0. The van der Waals surface area contributed by atoms with E-state index in [1.54, 1.807) is 6.20 Å². The zero-order valence-electron chi connectivity index (χ0n) is 14.5. The highest BCUT2D eigenvalue weighted by atomic mass is 16.3. The monoisotopic (exact) mass is 334 g/mol. The summed E-state index contributed by atoms with van der Waals surface area (Å²) in [6.07, 6.45) is 2.88. The molecule has 0 spiro atoms. The number of carbonyl (C=O) groups is 1. The van der Waals surface area contributed by atoms with Gasteiger partial charge >= 0.3 is 0 Å². The first-order valence-electron chi connectivity index (χ1n) is 8.52. The minimum atomic E-state index is -0.411. The number of aryl methyl sites for hydroxylation is 1. The van der Waals surface area contributed by atoms with Gasteiger partial charge in [-0.1, -0.05) is 55.0 Å². The number of fused-ring (bicyclic) bond motifs is 1. The Morgan fingerprint density at radius 1 is 1.16 bits per heavy atom. The SMILES string of the molecule is CCCC(=O)N[C@@H](c1ccc(C)cc1)c1ccc2cccnc2c1O. The van der Waals surface area contributed by atoms with Crippen molar-refractivity contribution in [3.63, 3.8) is 0 Å². The molecule has 128 valence electrons. The van der Waals surface area contributed by atoms with E-state index in [4.69, 9.17) is 0 Å². The molecule has 0 radical (unpaired) electrons. The smallest absolute Gasteiger partial charge is 0.220 e. The van der Waals surface area contributed by atoms with E-state index >= 15 is 0 Å². The van der Waals surface area contributed by atoms with Crippen molar-refractivity contribution < 1.29 is 9.90 Å². The lowest BCUT2D eigenvalue weighted by Crippen LogP contribution is -2.29. The molecule has 2 N–H and O–H groups in total. The van der Waals surface area contributed by atoms with Crippen molar-refractivity contribution in [1.29, 1.82) is 0 Å². The third-order valence-electron chi connectivity index (χ3n) is 4.28. The number of phenols is 1. The average molecular weight is 334 g/mol. The number of aromatic hydroxyl groups is 1. The fourth-order valence-corrected chi connectivity index (χ4v) is 2.94. The Bertz CT molecular complexity index is 888. The summed E-state index contributed by atoms with van der Waals surface area (Å²) in [5.74, 6) is 0.0778. The molecule has 25 heavy (non-hydrogen) atoms. The first-order valence-corrected chi connectivity index (χ1v) is 8.52. The number of phenolic OH excluding ortho intramolecular Hbond substituents is 1. The van der Waals surface area contributed by atoms with Gasteiger partial charge in [-0.15, -0.1) is 0 Å². The predicted octanol–water partition coefficient (Wildman–Crippen LogP) is 4.25. The van der Waals surface area contributed by atoms with Crippen molar-refractivity contribution >= 4 is 16.8 Å². The van der Waals surface area contributed by atoms with Gasteiger partial charge in [-0.05, 0) is 25.0 Å².